The van der Waals surface area contributed by atoms with Crippen molar-refractivity contribution in [3.8, 4) is 11.4 Å². The van der Waals surface area contributed by atoms with Crippen molar-refractivity contribution in [2.24, 2.45) is 0 Å². The average molecular weight is 187 g/mol. The van der Waals surface area contributed by atoms with E-state index >= 15 is 0 Å². The van der Waals surface area contributed by atoms with Crippen LogP contribution in [0.5, 0.6) is 0 Å². The standard InChI is InChI=1S/C10H9N3O/c1-7(14)11-10-12-8-5-3-2-4-6-9(8)13-10/h2-6H,1H3,(H,11,12,13,14). The van der Waals surface area contributed by atoms with Crippen molar-refractivity contribution in [1.29, 1.82) is 0 Å². The summed E-state index contributed by atoms with van der Waals surface area (Å²) in [7, 11) is 0. The fourth-order valence-electron chi connectivity index (χ4n) is 1.18. The molecule has 0 spiro atoms. The molecule has 0 fully saturated rings. The largest absolute Gasteiger partial charge is 0.295 e. The van der Waals surface area contributed by atoms with Crippen LogP contribution in [0.1, 0.15) is 6.92 Å². The first-order valence-corrected chi connectivity index (χ1v) is 4.26. The molecule has 14 heavy (non-hydrogen) atoms. The third-order valence-corrected chi connectivity index (χ3v) is 1.73. The summed E-state index contributed by atoms with van der Waals surface area (Å²) in [4.78, 5) is 19.1. The highest BCUT2D eigenvalue weighted by Gasteiger charge is 2.08. The monoisotopic (exact) mass is 187 g/mol. The van der Waals surface area contributed by atoms with Crippen LogP contribution in [-0.2, 0) is 4.79 Å². The molecule has 1 aliphatic carbocycles. The number of aromatic nitrogens is 2. The van der Waals surface area contributed by atoms with Gasteiger partial charge in [0.1, 0.15) is 0 Å². The Morgan fingerprint density at radius 3 is 2.21 bits per heavy atom. The maximum absolute atomic E-state index is 10.8. The number of carbonyl (C=O) groups excluding carboxylic acids is 1. The first kappa shape index (κ1) is 8.62. The van der Waals surface area contributed by atoms with Gasteiger partial charge in [-0.1, -0.05) is 18.2 Å². The Labute approximate surface area is 81.3 Å². The van der Waals surface area contributed by atoms with E-state index in [1.165, 1.54) is 6.92 Å². The second-order valence-electron chi connectivity index (χ2n) is 2.91. The summed E-state index contributed by atoms with van der Waals surface area (Å²) in [5.41, 5.74) is 1.55. The van der Waals surface area contributed by atoms with E-state index in [0.29, 0.717) is 5.95 Å². The van der Waals surface area contributed by atoms with Crippen molar-refractivity contribution in [2.45, 2.75) is 6.92 Å². The average Bonchev–Trinajstić information content (AvgIpc) is 2.34. The van der Waals surface area contributed by atoms with Gasteiger partial charge in [-0.05, 0) is 12.1 Å². The summed E-state index contributed by atoms with van der Waals surface area (Å²) in [6, 6.07) is 9.38. The molecule has 0 saturated carbocycles. The van der Waals surface area contributed by atoms with Crippen LogP contribution in [-0.4, -0.2) is 15.9 Å². The van der Waals surface area contributed by atoms with E-state index in [4.69, 9.17) is 0 Å². The Bertz CT molecular complexity index is 411. The van der Waals surface area contributed by atoms with Crippen LogP contribution < -0.4 is 5.32 Å². The minimum atomic E-state index is -0.162. The molecule has 4 heteroatoms. The van der Waals surface area contributed by atoms with E-state index < -0.39 is 0 Å². The lowest BCUT2D eigenvalue weighted by atomic mass is 10.3. The summed E-state index contributed by atoms with van der Waals surface area (Å²) >= 11 is 0. The number of hydrogen-bond donors (Lipinski definition) is 1. The topological polar surface area (TPSA) is 54.9 Å². The fraction of sp³-hybridized carbons (Fsp3) is 0.100. The Morgan fingerprint density at radius 1 is 1.14 bits per heavy atom. The molecule has 1 amide bonds. The summed E-state index contributed by atoms with van der Waals surface area (Å²) in [5.74, 6) is 0.198. The van der Waals surface area contributed by atoms with Gasteiger partial charge in [-0.3, -0.25) is 10.1 Å². The van der Waals surface area contributed by atoms with Crippen molar-refractivity contribution >= 4 is 11.9 Å². The van der Waals surface area contributed by atoms with Gasteiger partial charge in [0.05, 0.1) is 11.4 Å². The number of nitrogens with one attached hydrogen (secondary N) is 1. The molecular formula is C10H9N3O. The van der Waals surface area contributed by atoms with Crippen LogP contribution in [0.3, 0.4) is 0 Å². The number of hydrogen-bond acceptors (Lipinski definition) is 3. The van der Waals surface area contributed by atoms with Gasteiger partial charge in [0.25, 0.3) is 0 Å². The van der Waals surface area contributed by atoms with Crippen molar-refractivity contribution in [2.75, 3.05) is 5.32 Å². The third-order valence-electron chi connectivity index (χ3n) is 1.73. The summed E-state index contributed by atoms with van der Waals surface area (Å²) in [6.07, 6.45) is 0. The summed E-state index contributed by atoms with van der Waals surface area (Å²) in [6.45, 7) is 1.43. The van der Waals surface area contributed by atoms with Gasteiger partial charge in [-0.2, -0.15) is 0 Å². The molecular weight excluding hydrogens is 178 g/mol. The zero-order chi connectivity index (χ0) is 9.97. The van der Waals surface area contributed by atoms with Crippen molar-refractivity contribution < 1.29 is 4.79 Å². The second kappa shape index (κ2) is 3.41. The Kier molecular flexibility index (Phi) is 2.10. The number of rotatable bonds is 1. The van der Waals surface area contributed by atoms with E-state index in [9.17, 15) is 4.79 Å². The molecule has 2 rings (SSSR count). The first-order valence-electron chi connectivity index (χ1n) is 4.26. The van der Waals surface area contributed by atoms with E-state index in [0.717, 1.165) is 11.4 Å². The molecule has 1 aliphatic heterocycles. The Morgan fingerprint density at radius 2 is 1.71 bits per heavy atom. The smallest absolute Gasteiger partial charge is 0.230 e. The van der Waals surface area contributed by atoms with E-state index in [2.05, 4.69) is 15.3 Å². The van der Waals surface area contributed by atoms with Crippen LogP contribution >= 0.6 is 0 Å². The molecule has 0 saturated heterocycles. The zero-order valence-electron chi connectivity index (χ0n) is 7.69. The maximum Gasteiger partial charge on any atom is 0.230 e. The molecule has 0 aromatic rings. The van der Waals surface area contributed by atoms with Crippen LogP contribution in [0.2, 0.25) is 0 Å². The van der Waals surface area contributed by atoms with Gasteiger partial charge < -0.3 is 0 Å². The molecule has 0 unspecified atom stereocenters. The van der Waals surface area contributed by atoms with E-state index in [1.807, 2.05) is 30.3 Å². The van der Waals surface area contributed by atoms with Gasteiger partial charge in [0, 0.05) is 6.92 Å². The highest BCUT2D eigenvalue weighted by atomic mass is 16.1. The Balaban J connectivity index is 2.43. The third kappa shape index (κ3) is 1.69. The predicted molar refractivity (Wildman–Crippen MR) is 53.0 cm³/mol. The summed E-state index contributed by atoms with van der Waals surface area (Å²) < 4.78 is 0. The second-order valence-corrected chi connectivity index (χ2v) is 2.91. The molecule has 2 aliphatic rings. The first-order chi connectivity index (χ1) is 6.75. The minimum absolute atomic E-state index is 0.162. The number of fused-ring (bicyclic) bond motifs is 1. The fourth-order valence-corrected chi connectivity index (χ4v) is 1.18. The number of carbonyl (C=O) groups is 1. The van der Waals surface area contributed by atoms with Crippen molar-refractivity contribution in [1.82, 2.24) is 9.97 Å². The van der Waals surface area contributed by atoms with Gasteiger partial charge in [-0.15, -0.1) is 0 Å². The highest BCUT2D eigenvalue weighted by Crippen LogP contribution is 2.18. The molecule has 1 N–H and O–H groups in total. The lowest BCUT2D eigenvalue weighted by Gasteiger charge is -1.90. The quantitative estimate of drug-likeness (QED) is 0.736. The molecule has 70 valence electrons. The molecule has 1 heterocycles. The van der Waals surface area contributed by atoms with Crippen LogP contribution in [0.25, 0.3) is 11.4 Å². The number of amides is 1. The van der Waals surface area contributed by atoms with Crippen LogP contribution in [0.15, 0.2) is 30.3 Å². The van der Waals surface area contributed by atoms with Gasteiger partial charge in [-0.25, -0.2) is 9.97 Å². The van der Waals surface area contributed by atoms with Crippen LogP contribution in [0.4, 0.5) is 5.95 Å². The number of anilines is 1. The predicted octanol–water partition coefficient (Wildman–Crippen LogP) is 1.54. The lowest BCUT2D eigenvalue weighted by molar-refractivity contribution is -0.114. The van der Waals surface area contributed by atoms with Gasteiger partial charge in [0.2, 0.25) is 11.9 Å². The van der Waals surface area contributed by atoms with Crippen LogP contribution in [0, 0.1) is 0 Å². The number of imidazole rings is 1. The van der Waals surface area contributed by atoms with Gasteiger partial charge >= 0.3 is 0 Å². The SMILES string of the molecule is CC(=O)Nc1nc2cccccc-2n1. The maximum atomic E-state index is 10.8. The van der Waals surface area contributed by atoms with E-state index in [1.54, 1.807) is 0 Å². The van der Waals surface area contributed by atoms with E-state index in [-0.39, 0.29) is 5.91 Å². The van der Waals surface area contributed by atoms with Crippen molar-refractivity contribution in [3.63, 3.8) is 0 Å². The molecule has 0 bridgehead atoms. The normalized spacial score (nSPS) is 10.1. The molecule has 0 radical (unpaired) electrons. The molecule has 0 atom stereocenters. The van der Waals surface area contributed by atoms with Crippen molar-refractivity contribution in [3.05, 3.63) is 30.3 Å². The zero-order valence-corrected chi connectivity index (χ0v) is 7.69. The van der Waals surface area contributed by atoms with Gasteiger partial charge in [0.15, 0.2) is 0 Å². The Hall–Kier alpha value is -1.97. The molecule has 4 nitrogen and oxygen atoms in total. The minimum Gasteiger partial charge on any atom is -0.295 e. The molecule has 0 aromatic heterocycles. The molecule has 0 aromatic carbocycles. The number of nitrogens with zero attached hydrogens (tertiary/aromatic N) is 2. The summed E-state index contributed by atoms with van der Waals surface area (Å²) in [5, 5.41) is 2.54. The lowest BCUT2D eigenvalue weighted by Crippen LogP contribution is -2.06. The highest BCUT2D eigenvalue weighted by molar-refractivity contribution is 5.87.